The first-order chi connectivity index (χ1) is 16.2. The summed E-state index contributed by atoms with van der Waals surface area (Å²) in [7, 11) is 0. The molecule has 0 radical (unpaired) electrons. The fraction of sp³-hybridized carbons (Fsp3) is 0. The molecule has 0 spiro atoms. The zero-order valence-corrected chi connectivity index (χ0v) is 18.7. The van der Waals surface area contributed by atoms with E-state index in [1.54, 1.807) is 6.07 Å². The van der Waals surface area contributed by atoms with Crippen molar-refractivity contribution in [3.8, 4) is 34.2 Å². The first-order valence-corrected chi connectivity index (χ1v) is 11.1. The Balaban J connectivity index is 1.67. The molecule has 6 aromatic rings. The molecule has 4 aromatic carbocycles. The van der Waals surface area contributed by atoms with Crippen molar-refractivity contribution in [1.29, 1.82) is 0 Å². The van der Waals surface area contributed by atoms with Crippen LogP contribution < -0.4 is 0 Å². The van der Waals surface area contributed by atoms with Gasteiger partial charge in [0.05, 0.1) is 5.02 Å². The fourth-order valence-electron chi connectivity index (χ4n) is 3.97. The molecule has 6 heteroatoms. The van der Waals surface area contributed by atoms with Crippen LogP contribution in [0.5, 0.6) is 0 Å². The Morgan fingerprint density at radius 3 is 1.85 bits per heavy atom. The first-order valence-electron chi connectivity index (χ1n) is 10.3. The van der Waals surface area contributed by atoms with Gasteiger partial charge in [-0.25, -0.2) is 15.0 Å². The second kappa shape index (κ2) is 8.00. The summed E-state index contributed by atoms with van der Waals surface area (Å²) in [5.74, 6) is 1.74. The topological polar surface area (TPSA) is 51.8 Å². The molecule has 0 aliphatic carbocycles. The van der Waals surface area contributed by atoms with Gasteiger partial charge in [0.1, 0.15) is 5.58 Å². The van der Waals surface area contributed by atoms with E-state index >= 15 is 0 Å². The van der Waals surface area contributed by atoms with Gasteiger partial charge in [-0.1, -0.05) is 96.0 Å². The number of hydrogen-bond donors (Lipinski definition) is 0. The van der Waals surface area contributed by atoms with Gasteiger partial charge in [0, 0.05) is 32.5 Å². The van der Waals surface area contributed by atoms with Crippen molar-refractivity contribution in [2.45, 2.75) is 0 Å². The molecule has 2 aromatic heterocycles. The third-order valence-electron chi connectivity index (χ3n) is 5.46. The fourth-order valence-corrected chi connectivity index (χ4v) is 4.50. The van der Waals surface area contributed by atoms with Gasteiger partial charge >= 0.3 is 0 Å². The minimum atomic E-state index is 0.463. The lowest BCUT2D eigenvalue weighted by molar-refractivity contribution is 0.669. The Labute approximate surface area is 199 Å². The number of benzene rings is 4. The average molecular weight is 468 g/mol. The molecular weight excluding hydrogens is 453 g/mol. The van der Waals surface area contributed by atoms with E-state index in [0.717, 1.165) is 27.5 Å². The van der Waals surface area contributed by atoms with Gasteiger partial charge in [-0.2, -0.15) is 0 Å². The number of nitrogens with zero attached hydrogens (tertiary/aromatic N) is 3. The van der Waals surface area contributed by atoms with Crippen molar-refractivity contribution >= 4 is 45.1 Å². The summed E-state index contributed by atoms with van der Waals surface area (Å²) in [5.41, 5.74) is 3.92. The monoisotopic (exact) mass is 467 g/mol. The third kappa shape index (κ3) is 3.54. The minimum absolute atomic E-state index is 0.463. The molecular formula is C27H15Cl2N3O. The summed E-state index contributed by atoms with van der Waals surface area (Å²) in [6.45, 7) is 0. The van der Waals surface area contributed by atoms with Crippen LogP contribution in [-0.2, 0) is 0 Å². The lowest BCUT2D eigenvalue weighted by atomic mass is 10.1. The van der Waals surface area contributed by atoms with E-state index in [1.165, 1.54) is 0 Å². The zero-order chi connectivity index (χ0) is 22.4. The lowest BCUT2D eigenvalue weighted by Gasteiger charge is -2.09. The Bertz CT molecular complexity index is 1570. The van der Waals surface area contributed by atoms with Gasteiger partial charge in [-0.3, -0.25) is 0 Å². The van der Waals surface area contributed by atoms with Gasteiger partial charge in [0.25, 0.3) is 0 Å². The average Bonchev–Trinajstić information content (AvgIpc) is 3.24. The van der Waals surface area contributed by atoms with Crippen LogP contribution in [0.15, 0.2) is 95.4 Å². The smallest absolute Gasteiger partial charge is 0.164 e. The summed E-state index contributed by atoms with van der Waals surface area (Å²) < 4.78 is 6.07. The second-order valence-corrected chi connectivity index (χ2v) is 8.43. The number of hydrogen-bond acceptors (Lipinski definition) is 4. The van der Waals surface area contributed by atoms with Crippen molar-refractivity contribution < 1.29 is 4.42 Å². The highest BCUT2D eigenvalue weighted by molar-refractivity contribution is 6.39. The molecule has 0 aliphatic rings. The van der Waals surface area contributed by atoms with Crippen molar-refractivity contribution in [3.05, 3.63) is 101 Å². The normalized spacial score (nSPS) is 11.3. The molecule has 0 amide bonds. The van der Waals surface area contributed by atoms with Crippen molar-refractivity contribution in [2.75, 3.05) is 0 Å². The molecule has 158 valence electrons. The lowest BCUT2D eigenvalue weighted by Crippen LogP contribution is -2.00. The van der Waals surface area contributed by atoms with Gasteiger partial charge < -0.3 is 4.42 Å². The minimum Gasteiger partial charge on any atom is -0.454 e. The third-order valence-corrected chi connectivity index (χ3v) is 5.96. The second-order valence-electron chi connectivity index (χ2n) is 7.58. The quantitative estimate of drug-likeness (QED) is 0.264. The summed E-state index contributed by atoms with van der Waals surface area (Å²) in [6.07, 6.45) is 0. The molecule has 4 nitrogen and oxygen atoms in total. The van der Waals surface area contributed by atoms with Gasteiger partial charge in [0.15, 0.2) is 23.1 Å². The highest BCUT2D eigenvalue weighted by Crippen LogP contribution is 2.40. The number of halogens is 2. The van der Waals surface area contributed by atoms with Gasteiger partial charge in [0.2, 0.25) is 0 Å². The Hall–Kier alpha value is -3.73. The van der Waals surface area contributed by atoms with Crippen molar-refractivity contribution in [3.63, 3.8) is 0 Å². The highest BCUT2D eigenvalue weighted by atomic mass is 35.5. The van der Waals surface area contributed by atoms with Crippen LogP contribution in [0.2, 0.25) is 10.0 Å². The van der Waals surface area contributed by atoms with Gasteiger partial charge in [-0.05, 0) is 18.2 Å². The molecule has 0 saturated carbocycles. The van der Waals surface area contributed by atoms with Crippen LogP contribution in [0.4, 0.5) is 0 Å². The molecule has 2 heterocycles. The van der Waals surface area contributed by atoms with E-state index in [0.29, 0.717) is 38.7 Å². The molecule has 33 heavy (non-hydrogen) atoms. The van der Waals surface area contributed by atoms with Crippen LogP contribution >= 0.6 is 23.2 Å². The summed E-state index contributed by atoms with van der Waals surface area (Å²) in [6, 6.07) is 29.1. The van der Waals surface area contributed by atoms with E-state index in [4.69, 9.17) is 42.6 Å². The van der Waals surface area contributed by atoms with E-state index in [-0.39, 0.29) is 0 Å². The molecule has 0 saturated heterocycles. The SMILES string of the molecule is Clc1cc(Cl)c2oc3cccc(-c4nc(-c5ccccc5)nc(-c5ccccc5)n4)c3c2c1. The molecule has 0 bridgehead atoms. The number of furan rings is 1. The largest absolute Gasteiger partial charge is 0.454 e. The van der Waals surface area contributed by atoms with Crippen LogP contribution in [0, 0.1) is 0 Å². The van der Waals surface area contributed by atoms with Crippen LogP contribution in [0.25, 0.3) is 56.1 Å². The Morgan fingerprint density at radius 2 is 1.21 bits per heavy atom. The number of fused-ring (bicyclic) bond motifs is 3. The van der Waals surface area contributed by atoms with Crippen molar-refractivity contribution in [1.82, 2.24) is 15.0 Å². The maximum Gasteiger partial charge on any atom is 0.164 e. The van der Waals surface area contributed by atoms with Crippen LogP contribution in [0.3, 0.4) is 0 Å². The summed E-state index contributed by atoms with van der Waals surface area (Å²) >= 11 is 12.7. The van der Waals surface area contributed by atoms with Gasteiger partial charge in [-0.15, -0.1) is 0 Å². The Kier molecular flexibility index (Phi) is 4.83. The maximum absolute atomic E-state index is 6.42. The summed E-state index contributed by atoms with van der Waals surface area (Å²) in [4.78, 5) is 14.5. The number of aromatic nitrogens is 3. The Morgan fingerprint density at radius 1 is 0.606 bits per heavy atom. The molecule has 0 N–H and O–H groups in total. The molecule has 0 atom stereocenters. The predicted octanol–water partition coefficient (Wildman–Crippen LogP) is 8.08. The first kappa shape index (κ1) is 19.9. The molecule has 0 fully saturated rings. The van der Waals surface area contributed by atoms with E-state index < -0.39 is 0 Å². The van der Waals surface area contributed by atoms with E-state index in [2.05, 4.69) is 0 Å². The van der Waals surface area contributed by atoms with Crippen LogP contribution in [-0.4, -0.2) is 15.0 Å². The molecule has 0 aliphatic heterocycles. The molecule has 0 unspecified atom stereocenters. The summed E-state index contributed by atoms with van der Waals surface area (Å²) in [5, 5.41) is 2.68. The maximum atomic E-state index is 6.42. The highest BCUT2D eigenvalue weighted by Gasteiger charge is 2.19. The van der Waals surface area contributed by atoms with Crippen LogP contribution in [0.1, 0.15) is 0 Å². The van der Waals surface area contributed by atoms with E-state index in [1.807, 2.05) is 84.9 Å². The molecule has 6 rings (SSSR count). The number of rotatable bonds is 3. The standard InChI is InChI=1S/C27H15Cl2N3O/c28-18-14-20-23-19(12-7-13-22(23)33-24(20)21(29)15-18)27-31-25(16-8-3-1-4-9-16)30-26(32-27)17-10-5-2-6-11-17/h1-15H. The zero-order valence-electron chi connectivity index (χ0n) is 17.2. The van der Waals surface area contributed by atoms with E-state index in [9.17, 15) is 0 Å². The van der Waals surface area contributed by atoms with Crippen molar-refractivity contribution in [2.24, 2.45) is 0 Å². The predicted molar refractivity (Wildman–Crippen MR) is 133 cm³/mol.